The van der Waals surface area contributed by atoms with Crippen LogP contribution in [0.5, 0.6) is 0 Å². The van der Waals surface area contributed by atoms with Gasteiger partial charge < -0.3 is 20.9 Å². The van der Waals surface area contributed by atoms with E-state index in [1.165, 1.54) is 6.42 Å². The summed E-state index contributed by atoms with van der Waals surface area (Å²) in [5, 5.41) is 2.94. The smallest absolute Gasteiger partial charge is 0.321 e. The average molecular weight is 317 g/mol. The highest BCUT2D eigenvalue weighted by molar-refractivity contribution is 5.93. The molecule has 1 aromatic rings. The highest BCUT2D eigenvalue weighted by Crippen LogP contribution is 2.26. The molecule has 3 rings (SSSR count). The van der Waals surface area contributed by atoms with Crippen molar-refractivity contribution < 1.29 is 9.59 Å². The second-order valence-corrected chi connectivity index (χ2v) is 6.19. The Kier molecular flexibility index (Phi) is 4.64. The molecule has 3 N–H and O–H groups in total. The fourth-order valence-electron chi connectivity index (χ4n) is 3.22. The summed E-state index contributed by atoms with van der Waals surface area (Å²) in [6.07, 6.45) is 5.92. The van der Waals surface area contributed by atoms with Crippen molar-refractivity contribution >= 4 is 23.4 Å². The first kappa shape index (κ1) is 15.6. The van der Waals surface area contributed by atoms with Gasteiger partial charge in [-0.2, -0.15) is 0 Å². The lowest BCUT2D eigenvalue weighted by Crippen LogP contribution is -2.36. The number of nitrogens with zero attached hydrogens (tertiary/aromatic N) is 3. The van der Waals surface area contributed by atoms with E-state index in [1.54, 1.807) is 11.1 Å². The minimum atomic E-state index is -0.337. The molecule has 0 aliphatic carbocycles. The Morgan fingerprint density at radius 3 is 2.70 bits per heavy atom. The number of primary amides is 1. The molecule has 0 spiro atoms. The van der Waals surface area contributed by atoms with Crippen LogP contribution in [0.3, 0.4) is 0 Å². The van der Waals surface area contributed by atoms with Gasteiger partial charge in [-0.3, -0.25) is 4.79 Å². The van der Waals surface area contributed by atoms with Gasteiger partial charge in [0.05, 0.1) is 11.6 Å². The van der Waals surface area contributed by atoms with Crippen molar-refractivity contribution in [1.29, 1.82) is 0 Å². The number of piperidine rings is 1. The minimum absolute atomic E-state index is 0.194. The van der Waals surface area contributed by atoms with Gasteiger partial charge in [0, 0.05) is 32.4 Å². The van der Waals surface area contributed by atoms with Crippen molar-refractivity contribution in [2.45, 2.75) is 25.7 Å². The Hall–Kier alpha value is -2.31. The molecule has 2 saturated heterocycles. The largest absolute Gasteiger partial charge is 0.369 e. The Bertz CT molecular complexity index is 586. The Morgan fingerprint density at radius 1 is 1.22 bits per heavy atom. The van der Waals surface area contributed by atoms with Crippen LogP contribution in [0, 0.1) is 5.92 Å². The predicted molar refractivity (Wildman–Crippen MR) is 88.2 cm³/mol. The van der Waals surface area contributed by atoms with Gasteiger partial charge in [-0.25, -0.2) is 9.78 Å². The third-order valence-corrected chi connectivity index (χ3v) is 4.56. The Morgan fingerprint density at radius 2 is 2.00 bits per heavy atom. The number of hydrogen-bond donors (Lipinski definition) is 2. The summed E-state index contributed by atoms with van der Waals surface area (Å²) in [6.45, 7) is 2.87. The standard InChI is InChI=1S/C16H23N5O2/c17-14(22)12-6-10-21(11-12)16(23)19-13-5-4-7-18-15(13)20-8-2-1-3-9-20/h4-5,7,12H,1-3,6,8-11H2,(H2,17,22)(H,19,23)/t12-/m0/s1. The molecule has 124 valence electrons. The number of likely N-dealkylation sites (tertiary alicyclic amines) is 1. The van der Waals surface area contributed by atoms with Gasteiger partial charge in [-0.15, -0.1) is 0 Å². The molecule has 2 fully saturated rings. The van der Waals surface area contributed by atoms with Crippen molar-refractivity contribution in [3.05, 3.63) is 18.3 Å². The Labute approximate surface area is 135 Å². The summed E-state index contributed by atoms with van der Waals surface area (Å²) < 4.78 is 0. The third-order valence-electron chi connectivity index (χ3n) is 4.56. The van der Waals surface area contributed by atoms with E-state index in [4.69, 9.17) is 5.73 Å². The molecule has 0 radical (unpaired) electrons. The monoisotopic (exact) mass is 317 g/mol. The van der Waals surface area contributed by atoms with Gasteiger partial charge in [0.1, 0.15) is 0 Å². The number of rotatable bonds is 3. The lowest BCUT2D eigenvalue weighted by molar-refractivity contribution is -0.121. The normalized spacial score (nSPS) is 21.3. The van der Waals surface area contributed by atoms with Crippen molar-refractivity contribution in [3.8, 4) is 0 Å². The first-order valence-corrected chi connectivity index (χ1v) is 8.20. The van der Waals surface area contributed by atoms with Crippen LogP contribution in [0.25, 0.3) is 0 Å². The van der Waals surface area contributed by atoms with Crippen LogP contribution in [0.4, 0.5) is 16.3 Å². The lowest BCUT2D eigenvalue weighted by Gasteiger charge is -2.29. The first-order chi connectivity index (χ1) is 11.1. The fraction of sp³-hybridized carbons (Fsp3) is 0.562. The maximum absolute atomic E-state index is 12.4. The molecule has 0 aromatic carbocycles. The zero-order valence-electron chi connectivity index (χ0n) is 13.2. The zero-order chi connectivity index (χ0) is 16.2. The summed E-state index contributed by atoms with van der Waals surface area (Å²) in [5.74, 6) is 0.248. The summed E-state index contributed by atoms with van der Waals surface area (Å²) >= 11 is 0. The summed E-state index contributed by atoms with van der Waals surface area (Å²) in [7, 11) is 0. The number of amides is 3. The number of nitrogens with one attached hydrogen (secondary N) is 1. The van der Waals surface area contributed by atoms with E-state index in [2.05, 4.69) is 15.2 Å². The molecule has 2 aliphatic heterocycles. The summed E-state index contributed by atoms with van der Waals surface area (Å²) in [6, 6.07) is 3.50. The lowest BCUT2D eigenvalue weighted by atomic mass is 10.1. The zero-order valence-corrected chi connectivity index (χ0v) is 13.2. The number of carbonyl (C=O) groups excluding carboxylic acids is 2. The van der Waals surface area contributed by atoms with Gasteiger partial charge >= 0.3 is 6.03 Å². The fourth-order valence-corrected chi connectivity index (χ4v) is 3.22. The van der Waals surface area contributed by atoms with E-state index in [-0.39, 0.29) is 17.9 Å². The van der Waals surface area contributed by atoms with Crippen LogP contribution in [0.1, 0.15) is 25.7 Å². The highest BCUT2D eigenvalue weighted by Gasteiger charge is 2.30. The number of hydrogen-bond acceptors (Lipinski definition) is 4. The molecular weight excluding hydrogens is 294 g/mol. The highest BCUT2D eigenvalue weighted by atomic mass is 16.2. The molecule has 2 aliphatic rings. The molecule has 0 unspecified atom stereocenters. The maximum atomic E-state index is 12.4. The molecule has 0 saturated carbocycles. The van der Waals surface area contributed by atoms with Crippen molar-refractivity contribution in [2.24, 2.45) is 11.7 Å². The van der Waals surface area contributed by atoms with E-state index in [1.807, 2.05) is 12.1 Å². The SMILES string of the molecule is NC(=O)[C@H]1CCN(C(=O)Nc2cccnc2N2CCCCC2)C1. The molecule has 23 heavy (non-hydrogen) atoms. The van der Waals surface area contributed by atoms with E-state index in [0.29, 0.717) is 19.5 Å². The first-order valence-electron chi connectivity index (χ1n) is 8.20. The van der Waals surface area contributed by atoms with Crippen LogP contribution in [-0.4, -0.2) is 48.0 Å². The van der Waals surface area contributed by atoms with E-state index in [0.717, 1.165) is 37.4 Å². The number of urea groups is 1. The molecule has 7 heteroatoms. The molecule has 1 aromatic heterocycles. The molecular formula is C16H23N5O2. The van der Waals surface area contributed by atoms with Gasteiger partial charge in [0.2, 0.25) is 5.91 Å². The van der Waals surface area contributed by atoms with E-state index < -0.39 is 0 Å². The van der Waals surface area contributed by atoms with Crippen molar-refractivity contribution in [2.75, 3.05) is 36.4 Å². The number of aromatic nitrogens is 1. The average Bonchev–Trinajstić information content (AvgIpc) is 3.07. The molecule has 3 amide bonds. The number of carbonyl (C=O) groups is 2. The van der Waals surface area contributed by atoms with Crippen LogP contribution >= 0.6 is 0 Å². The van der Waals surface area contributed by atoms with Gasteiger partial charge in [-0.1, -0.05) is 0 Å². The van der Waals surface area contributed by atoms with Crippen LogP contribution in [-0.2, 0) is 4.79 Å². The second-order valence-electron chi connectivity index (χ2n) is 6.19. The summed E-state index contributed by atoms with van der Waals surface area (Å²) in [5.41, 5.74) is 6.04. The van der Waals surface area contributed by atoms with Crippen LogP contribution in [0.15, 0.2) is 18.3 Å². The van der Waals surface area contributed by atoms with Crippen molar-refractivity contribution in [1.82, 2.24) is 9.88 Å². The Balaban J connectivity index is 1.68. The van der Waals surface area contributed by atoms with Crippen LogP contribution < -0.4 is 16.0 Å². The van der Waals surface area contributed by atoms with E-state index >= 15 is 0 Å². The second kappa shape index (κ2) is 6.85. The van der Waals surface area contributed by atoms with Gasteiger partial charge in [0.15, 0.2) is 5.82 Å². The molecule has 7 nitrogen and oxygen atoms in total. The predicted octanol–water partition coefficient (Wildman–Crippen LogP) is 1.41. The number of anilines is 2. The number of pyridine rings is 1. The molecule has 3 heterocycles. The molecule has 1 atom stereocenters. The topological polar surface area (TPSA) is 91.6 Å². The van der Waals surface area contributed by atoms with E-state index in [9.17, 15) is 9.59 Å². The third kappa shape index (κ3) is 3.55. The van der Waals surface area contributed by atoms with Crippen molar-refractivity contribution in [3.63, 3.8) is 0 Å². The van der Waals surface area contributed by atoms with Crippen LogP contribution in [0.2, 0.25) is 0 Å². The number of nitrogens with two attached hydrogens (primary N) is 1. The minimum Gasteiger partial charge on any atom is -0.369 e. The quantitative estimate of drug-likeness (QED) is 0.882. The summed E-state index contributed by atoms with van der Waals surface area (Å²) in [4.78, 5) is 32.0. The molecule has 0 bridgehead atoms. The van der Waals surface area contributed by atoms with Gasteiger partial charge in [0.25, 0.3) is 0 Å². The van der Waals surface area contributed by atoms with Gasteiger partial charge in [-0.05, 0) is 37.8 Å². The maximum Gasteiger partial charge on any atom is 0.321 e.